The lowest BCUT2D eigenvalue weighted by Crippen LogP contribution is -2.19. The third kappa shape index (κ3) is 9.69. The first-order valence-corrected chi connectivity index (χ1v) is 12.5. The first-order valence-electron chi connectivity index (χ1n) is 5.05. The standard InChI is InChI=1S/C9H20BrIOSi/c1-3-4-5-6-7-8-9-13(10,11)12-2/h3-9H2,1-2H3. The minimum atomic E-state index is -1.46. The maximum absolute atomic E-state index is 5.41. The van der Waals surface area contributed by atoms with E-state index in [-0.39, 0.29) is 0 Å². The number of unbranched alkanes of at least 4 members (excludes halogenated alkanes) is 5. The van der Waals surface area contributed by atoms with Crippen molar-refractivity contribution in [2.75, 3.05) is 7.11 Å². The van der Waals surface area contributed by atoms with Crippen molar-refractivity contribution in [1.82, 2.24) is 0 Å². The van der Waals surface area contributed by atoms with Gasteiger partial charge in [0.05, 0.1) is 0 Å². The van der Waals surface area contributed by atoms with E-state index in [1.54, 1.807) is 0 Å². The van der Waals surface area contributed by atoms with Gasteiger partial charge >= 0.3 is 4.43 Å². The second kappa shape index (κ2) is 8.68. The van der Waals surface area contributed by atoms with E-state index in [1.165, 1.54) is 44.6 Å². The molecular formula is C9H20BrIOSi. The summed E-state index contributed by atoms with van der Waals surface area (Å²) in [5.41, 5.74) is 0. The minimum Gasteiger partial charge on any atom is -0.403 e. The van der Waals surface area contributed by atoms with Crippen LogP contribution < -0.4 is 0 Å². The Morgan fingerprint density at radius 3 is 2.23 bits per heavy atom. The molecule has 0 bridgehead atoms. The van der Waals surface area contributed by atoms with Crippen LogP contribution in [0.15, 0.2) is 0 Å². The van der Waals surface area contributed by atoms with E-state index < -0.39 is 4.43 Å². The topological polar surface area (TPSA) is 9.23 Å². The van der Waals surface area contributed by atoms with Gasteiger partial charge in [0.15, 0.2) is 0 Å². The molecule has 0 N–H and O–H groups in total. The number of rotatable bonds is 8. The minimum absolute atomic E-state index is 1.23. The molecule has 0 fully saturated rings. The lowest BCUT2D eigenvalue weighted by molar-refractivity contribution is 0.431. The fraction of sp³-hybridized carbons (Fsp3) is 1.00. The number of hydrogen-bond acceptors (Lipinski definition) is 1. The molecule has 1 atom stereocenters. The Bertz CT molecular complexity index is 122. The Morgan fingerprint density at radius 2 is 1.69 bits per heavy atom. The number of hydrogen-bond donors (Lipinski definition) is 0. The van der Waals surface area contributed by atoms with Gasteiger partial charge in [-0.05, 0) is 6.04 Å². The van der Waals surface area contributed by atoms with Crippen LogP contribution >= 0.6 is 37.1 Å². The average molecular weight is 379 g/mol. The molecule has 80 valence electrons. The third-order valence-electron chi connectivity index (χ3n) is 2.12. The van der Waals surface area contributed by atoms with Gasteiger partial charge in [0.1, 0.15) is 0 Å². The number of halogens is 2. The SMILES string of the molecule is CCCCCCCC[Si](Br)(I)OC. The zero-order valence-electron chi connectivity index (χ0n) is 8.61. The van der Waals surface area contributed by atoms with E-state index in [4.69, 9.17) is 4.43 Å². The van der Waals surface area contributed by atoms with Crippen molar-refractivity contribution >= 4 is 41.5 Å². The molecule has 0 aromatic carbocycles. The summed E-state index contributed by atoms with van der Waals surface area (Å²) in [4.78, 5) is 0. The molecule has 0 spiro atoms. The lowest BCUT2D eigenvalue weighted by atomic mass is 10.1. The van der Waals surface area contributed by atoms with Crippen molar-refractivity contribution in [2.24, 2.45) is 0 Å². The van der Waals surface area contributed by atoms with Crippen LogP contribution in [0.4, 0.5) is 0 Å². The largest absolute Gasteiger partial charge is 0.403 e. The Morgan fingerprint density at radius 1 is 1.15 bits per heavy atom. The Kier molecular flexibility index (Phi) is 9.60. The molecule has 0 rings (SSSR count). The van der Waals surface area contributed by atoms with Gasteiger partial charge < -0.3 is 4.43 Å². The highest BCUT2D eigenvalue weighted by Crippen LogP contribution is 2.28. The van der Waals surface area contributed by atoms with Crippen molar-refractivity contribution in [3.05, 3.63) is 0 Å². The van der Waals surface area contributed by atoms with Crippen LogP contribution in [0.3, 0.4) is 0 Å². The quantitative estimate of drug-likeness (QED) is 0.256. The van der Waals surface area contributed by atoms with Gasteiger partial charge in [-0.1, -0.05) is 82.5 Å². The van der Waals surface area contributed by atoms with Gasteiger partial charge in [-0.2, -0.15) is 0 Å². The summed E-state index contributed by atoms with van der Waals surface area (Å²) in [6.07, 6.45) is 8.21. The van der Waals surface area contributed by atoms with Gasteiger partial charge in [-0.25, -0.2) is 0 Å². The molecular weight excluding hydrogens is 359 g/mol. The summed E-state index contributed by atoms with van der Waals surface area (Å²) < 4.78 is 3.94. The summed E-state index contributed by atoms with van der Waals surface area (Å²) in [5, 5.41) is 0. The molecule has 0 aliphatic rings. The Hall–Kier alpha value is 1.39. The van der Waals surface area contributed by atoms with E-state index in [9.17, 15) is 0 Å². The summed E-state index contributed by atoms with van der Waals surface area (Å²) in [7, 11) is 1.81. The van der Waals surface area contributed by atoms with Gasteiger partial charge in [0.2, 0.25) is 0 Å². The predicted octanol–water partition coefficient (Wildman–Crippen LogP) is 4.76. The maximum atomic E-state index is 5.41. The summed E-state index contributed by atoms with van der Waals surface area (Å²) in [6, 6.07) is 1.23. The second-order valence-corrected chi connectivity index (χ2v) is 19.1. The molecule has 0 amide bonds. The van der Waals surface area contributed by atoms with E-state index in [0.29, 0.717) is 0 Å². The third-order valence-corrected chi connectivity index (χ3v) is 8.75. The Balaban J connectivity index is 3.16. The highest BCUT2D eigenvalue weighted by molar-refractivity contribution is 14.1. The second-order valence-electron chi connectivity index (χ2n) is 3.36. The highest BCUT2D eigenvalue weighted by Gasteiger charge is 2.25. The molecule has 0 radical (unpaired) electrons. The lowest BCUT2D eigenvalue weighted by Gasteiger charge is -2.14. The Labute approximate surface area is 104 Å². The fourth-order valence-electron chi connectivity index (χ4n) is 1.21. The van der Waals surface area contributed by atoms with Crippen molar-refractivity contribution in [3.8, 4) is 0 Å². The first-order chi connectivity index (χ1) is 6.12. The van der Waals surface area contributed by atoms with Crippen LogP contribution in [-0.4, -0.2) is 11.5 Å². The smallest absolute Gasteiger partial charge is 0.330 e. The summed E-state index contributed by atoms with van der Waals surface area (Å²) in [6.45, 7) is 2.26. The molecule has 0 aliphatic heterocycles. The van der Waals surface area contributed by atoms with Crippen LogP contribution in [0, 0.1) is 0 Å². The van der Waals surface area contributed by atoms with E-state index >= 15 is 0 Å². The zero-order valence-corrected chi connectivity index (χ0v) is 13.4. The fourth-order valence-corrected chi connectivity index (χ4v) is 4.06. The van der Waals surface area contributed by atoms with Gasteiger partial charge in [-0.3, -0.25) is 0 Å². The monoisotopic (exact) mass is 378 g/mol. The maximum Gasteiger partial charge on any atom is 0.330 e. The highest BCUT2D eigenvalue weighted by atomic mass is 127. The van der Waals surface area contributed by atoms with E-state index in [1.807, 2.05) is 7.11 Å². The molecule has 0 heterocycles. The summed E-state index contributed by atoms with van der Waals surface area (Å²) >= 11 is 6.11. The van der Waals surface area contributed by atoms with Crippen LogP contribution in [0.5, 0.6) is 0 Å². The molecule has 1 unspecified atom stereocenters. The van der Waals surface area contributed by atoms with Crippen LogP contribution in [-0.2, 0) is 4.43 Å². The van der Waals surface area contributed by atoms with E-state index in [2.05, 4.69) is 44.0 Å². The zero-order chi connectivity index (χ0) is 10.2. The molecule has 0 aromatic heterocycles. The van der Waals surface area contributed by atoms with Crippen molar-refractivity contribution in [3.63, 3.8) is 0 Å². The molecule has 13 heavy (non-hydrogen) atoms. The van der Waals surface area contributed by atoms with Crippen molar-refractivity contribution in [1.29, 1.82) is 0 Å². The van der Waals surface area contributed by atoms with Crippen molar-refractivity contribution in [2.45, 2.75) is 51.5 Å². The predicted molar refractivity (Wildman–Crippen MR) is 73.9 cm³/mol. The normalized spacial score (nSPS) is 15.7. The molecule has 1 nitrogen and oxygen atoms in total. The molecule has 0 saturated carbocycles. The van der Waals surface area contributed by atoms with Crippen LogP contribution in [0.2, 0.25) is 6.04 Å². The summed E-state index contributed by atoms with van der Waals surface area (Å²) in [5.74, 6) is 0. The van der Waals surface area contributed by atoms with Crippen LogP contribution in [0.25, 0.3) is 0 Å². The average Bonchev–Trinajstić information content (AvgIpc) is 2.11. The first kappa shape index (κ1) is 14.4. The molecule has 4 heteroatoms. The van der Waals surface area contributed by atoms with Gasteiger partial charge in [-0.15, -0.1) is 0 Å². The van der Waals surface area contributed by atoms with Gasteiger partial charge in [0.25, 0.3) is 0 Å². The van der Waals surface area contributed by atoms with Crippen molar-refractivity contribution < 1.29 is 4.43 Å². The molecule has 0 aromatic rings. The molecule has 0 aliphatic carbocycles. The van der Waals surface area contributed by atoms with Gasteiger partial charge in [0, 0.05) is 7.11 Å². The molecule has 0 saturated heterocycles. The van der Waals surface area contributed by atoms with E-state index in [0.717, 1.165) is 0 Å². The van der Waals surface area contributed by atoms with Crippen LogP contribution in [0.1, 0.15) is 45.4 Å².